The Kier molecular flexibility index (Phi) is 16.5. The number of carbonyl (C=O) groups excluding carboxylic acids is 4. The van der Waals surface area contributed by atoms with Gasteiger partial charge in [-0.1, -0.05) is 12.1 Å². The Morgan fingerprint density at radius 3 is 2.51 bits per heavy atom. The molecular weight excluding hydrogens is 838 g/mol. The molecule has 2 saturated heterocycles. The van der Waals surface area contributed by atoms with Gasteiger partial charge in [0.2, 0.25) is 11.8 Å². The van der Waals surface area contributed by atoms with Gasteiger partial charge in [0.15, 0.2) is 0 Å². The van der Waals surface area contributed by atoms with Crippen LogP contribution in [0.3, 0.4) is 0 Å². The topological polar surface area (TPSA) is 192 Å². The molecule has 18 heteroatoms. The smallest absolute Gasteiger partial charge is 0.496 e. The van der Waals surface area contributed by atoms with Gasteiger partial charge in [0.1, 0.15) is 17.5 Å². The number of hydrogen-bond donors (Lipinski definition) is 4. The maximum absolute atomic E-state index is 13.2. The summed E-state index contributed by atoms with van der Waals surface area (Å²) >= 11 is 0. The van der Waals surface area contributed by atoms with Crippen LogP contribution in [-0.4, -0.2) is 135 Å². The summed E-state index contributed by atoms with van der Waals surface area (Å²) in [6, 6.07) is 17.3. The van der Waals surface area contributed by atoms with Crippen molar-refractivity contribution in [3.05, 3.63) is 95.2 Å². The number of aromatic amines is 1. The van der Waals surface area contributed by atoms with Crippen LogP contribution in [0.15, 0.2) is 72.2 Å². The third kappa shape index (κ3) is 11.2. The van der Waals surface area contributed by atoms with Crippen molar-refractivity contribution in [3.63, 3.8) is 0 Å². The summed E-state index contributed by atoms with van der Waals surface area (Å²) in [6.07, 6.45) is 6.54. The first-order valence-corrected chi connectivity index (χ1v) is 21.8. The molecule has 7 rings (SSSR count). The number of nitrogens with zero attached hydrogens (tertiary/aromatic N) is 7. The van der Waals surface area contributed by atoms with Crippen LogP contribution in [0, 0.1) is 11.5 Å². The van der Waals surface area contributed by atoms with Crippen LogP contribution < -0.4 is 60.7 Å². The van der Waals surface area contributed by atoms with Gasteiger partial charge in [0.25, 0.3) is 11.8 Å². The van der Waals surface area contributed by atoms with Crippen LogP contribution in [0.1, 0.15) is 53.7 Å². The van der Waals surface area contributed by atoms with Crippen LogP contribution in [-0.2, 0) is 20.8 Å². The molecule has 1 atom stereocenters. The minimum absolute atomic E-state index is 0. The quantitative estimate of drug-likeness (QED) is 0.0301. The van der Waals surface area contributed by atoms with Gasteiger partial charge in [-0.25, -0.2) is 5.01 Å². The molecule has 4 heterocycles. The Morgan fingerprint density at radius 1 is 1.03 bits per heavy atom. The van der Waals surface area contributed by atoms with Crippen LogP contribution in [0.4, 0.5) is 17.1 Å². The normalized spacial score (nSPS) is 16.6. The van der Waals surface area contributed by atoms with E-state index in [2.05, 4.69) is 67.1 Å². The van der Waals surface area contributed by atoms with Crippen molar-refractivity contribution in [1.82, 2.24) is 30.0 Å². The number of aryl methyl sites for hydroxylation is 1. The largest absolute Gasteiger partial charge is 1.00 e. The number of rotatable bonds is 17. The van der Waals surface area contributed by atoms with Crippen LogP contribution in [0.5, 0.6) is 5.75 Å². The fourth-order valence-electron chi connectivity index (χ4n) is 8.78. The zero-order chi connectivity index (χ0) is 45.5. The third-order valence-corrected chi connectivity index (χ3v) is 12.3. The summed E-state index contributed by atoms with van der Waals surface area (Å²) in [6.45, 7) is 11.3. The van der Waals surface area contributed by atoms with E-state index in [1.54, 1.807) is 39.2 Å². The third-order valence-electron chi connectivity index (χ3n) is 12.3. The van der Waals surface area contributed by atoms with E-state index in [-0.39, 0.29) is 66.5 Å². The number of anilines is 3. The van der Waals surface area contributed by atoms with E-state index in [1.165, 1.54) is 11.2 Å². The van der Waals surface area contributed by atoms with Gasteiger partial charge in [-0.15, -0.1) is 4.91 Å². The van der Waals surface area contributed by atoms with Crippen molar-refractivity contribution in [3.8, 4) is 16.9 Å². The number of ether oxygens (including phenoxy) is 1. The van der Waals surface area contributed by atoms with Gasteiger partial charge in [-0.3, -0.25) is 35.2 Å². The van der Waals surface area contributed by atoms with E-state index in [9.17, 15) is 24.1 Å². The molecular formula is C47H58N11NaO6. The number of imide groups is 1. The molecule has 5 N–H and O–H groups in total. The monoisotopic (exact) mass is 895 g/mol. The van der Waals surface area contributed by atoms with E-state index in [0.717, 1.165) is 95.0 Å². The molecule has 17 nitrogen and oxygen atoms in total. The number of piperazine rings is 1. The van der Waals surface area contributed by atoms with Crippen LogP contribution in [0.2, 0.25) is 0 Å². The number of hydrazine groups is 1. The van der Waals surface area contributed by atoms with Gasteiger partial charge < -0.3 is 41.3 Å². The Morgan fingerprint density at radius 2 is 1.82 bits per heavy atom. The molecule has 3 aliphatic rings. The van der Waals surface area contributed by atoms with Gasteiger partial charge >= 0.3 is 29.6 Å². The Bertz CT molecular complexity index is 2450. The van der Waals surface area contributed by atoms with Crippen molar-refractivity contribution in [2.75, 3.05) is 95.8 Å². The SMILES string of the molecule is [CH-]=CN(N)CCC(=O)N1CCC=C(c2cc(-c3ccc(N4CCN(CCCc5ccc(N(N=O)C6CCC(=O)NC6=O)c(NC)c5)CC4)cc3OC)c3cc(C(=O)N(C)C)[nH]c3c2)C1.[Na+]. The molecule has 1 unspecified atom stereocenters. The van der Waals surface area contributed by atoms with Gasteiger partial charge in [0, 0.05) is 108 Å². The number of hydrogen-bond acceptors (Lipinski definition) is 12. The van der Waals surface area contributed by atoms with Crippen molar-refractivity contribution in [2.45, 2.75) is 44.6 Å². The number of carbonyl (C=O) groups is 4. The first kappa shape index (κ1) is 48.7. The molecule has 3 aliphatic heterocycles. The molecule has 0 spiro atoms. The number of benzene rings is 3. The molecule has 65 heavy (non-hydrogen) atoms. The van der Waals surface area contributed by atoms with E-state index in [0.29, 0.717) is 48.9 Å². The Balaban J connectivity index is 0.00000700. The number of nitrogens with one attached hydrogen (secondary N) is 3. The molecule has 4 aromatic rings. The van der Waals surface area contributed by atoms with Crippen molar-refractivity contribution in [2.24, 2.45) is 11.1 Å². The number of aromatic nitrogens is 1. The van der Waals surface area contributed by atoms with Gasteiger partial charge in [-0.05, 0) is 97.0 Å². The number of fused-ring (bicyclic) bond motifs is 1. The number of amides is 4. The van der Waals surface area contributed by atoms with E-state index < -0.39 is 11.9 Å². The van der Waals surface area contributed by atoms with Gasteiger partial charge in [0.05, 0.1) is 23.8 Å². The predicted octanol–water partition coefficient (Wildman–Crippen LogP) is 1.77. The Hall–Kier alpha value is -5.72. The summed E-state index contributed by atoms with van der Waals surface area (Å²) < 4.78 is 6.09. The summed E-state index contributed by atoms with van der Waals surface area (Å²) in [4.78, 5) is 74.0. The number of nitroso groups, excluding NO2 is 1. The molecule has 0 radical (unpaired) electrons. The standard InChI is InChI=1S/C47H58N11O6.Na/c1-6-57(48)20-17-45(60)56-19-8-10-32(30-56)33-26-36(37-29-40(47(62)53(3)4)50-38(37)27-33)35-13-12-34(28-43(35)64-5)55-23-21-54(22-24-55)18-7-9-31-11-14-41(39(25-31)49-2)58(52-63)42-15-16-44(59)51-46(42)61;/h1,6,10-14,25-29,42,49-50H,7-9,15-24,30,48H2,2-5H3,(H,51,59,61);/q-1;+1. The summed E-state index contributed by atoms with van der Waals surface area (Å²) in [5.74, 6) is 5.50. The second-order valence-electron chi connectivity index (χ2n) is 16.6. The number of nitrogens with two attached hydrogens (primary N) is 1. The second-order valence-corrected chi connectivity index (χ2v) is 16.6. The molecule has 4 amide bonds. The fourth-order valence-corrected chi connectivity index (χ4v) is 8.78. The van der Waals surface area contributed by atoms with E-state index in [4.69, 9.17) is 17.2 Å². The maximum atomic E-state index is 13.2. The van der Waals surface area contributed by atoms with Crippen LogP contribution >= 0.6 is 0 Å². The van der Waals surface area contributed by atoms with E-state index in [1.807, 2.05) is 23.1 Å². The zero-order valence-electron chi connectivity index (χ0n) is 38.1. The molecule has 2 fully saturated rings. The van der Waals surface area contributed by atoms with E-state index >= 15 is 0 Å². The summed E-state index contributed by atoms with van der Waals surface area (Å²) in [7, 11) is 6.90. The Labute approximate surface area is 402 Å². The zero-order valence-corrected chi connectivity index (χ0v) is 40.1. The number of methoxy groups -OCH3 is 1. The molecule has 338 valence electrons. The number of piperidine rings is 1. The average Bonchev–Trinajstić information content (AvgIpc) is 3.75. The minimum atomic E-state index is -0.846. The van der Waals surface area contributed by atoms with Crippen molar-refractivity contribution < 1.29 is 53.5 Å². The fraction of sp³-hybridized carbons (Fsp3) is 0.404. The van der Waals surface area contributed by atoms with Gasteiger partial charge in [-0.2, -0.15) is 6.20 Å². The molecule has 3 aromatic carbocycles. The molecule has 0 bridgehead atoms. The second kappa shape index (κ2) is 22.0. The maximum Gasteiger partial charge on any atom is 1.00 e. The molecule has 0 saturated carbocycles. The first-order chi connectivity index (χ1) is 30.9. The molecule has 1 aromatic heterocycles. The van der Waals surface area contributed by atoms with Crippen molar-refractivity contribution >= 4 is 57.2 Å². The first-order valence-electron chi connectivity index (χ1n) is 21.8. The van der Waals surface area contributed by atoms with Crippen LogP contribution in [0.25, 0.3) is 27.6 Å². The summed E-state index contributed by atoms with van der Waals surface area (Å²) in [5.41, 5.74) is 8.42. The minimum Gasteiger partial charge on any atom is -0.496 e. The number of H-pyrrole nitrogens is 1. The predicted molar refractivity (Wildman–Crippen MR) is 249 cm³/mol. The summed E-state index contributed by atoms with van der Waals surface area (Å²) in [5, 5.41) is 11.9. The molecule has 0 aliphatic carbocycles. The van der Waals surface area contributed by atoms with Crippen molar-refractivity contribution in [1.29, 1.82) is 0 Å². The average molecular weight is 896 g/mol.